The minimum Gasteiger partial charge on any atom is -0.497 e. The van der Waals surface area contributed by atoms with E-state index in [-0.39, 0.29) is 18.3 Å². The maximum atomic E-state index is 12.5. The predicted molar refractivity (Wildman–Crippen MR) is 108 cm³/mol. The first kappa shape index (κ1) is 19.6. The molecule has 0 aliphatic carbocycles. The van der Waals surface area contributed by atoms with Crippen molar-refractivity contribution in [1.29, 1.82) is 0 Å². The van der Waals surface area contributed by atoms with Crippen LogP contribution in [0.2, 0.25) is 0 Å². The minimum atomic E-state index is -0.180. The maximum absolute atomic E-state index is 12.5. The Morgan fingerprint density at radius 1 is 1.48 bits per heavy atom. The van der Waals surface area contributed by atoms with Crippen molar-refractivity contribution in [2.75, 3.05) is 33.4 Å². The van der Waals surface area contributed by atoms with Crippen molar-refractivity contribution in [3.63, 3.8) is 0 Å². The van der Waals surface area contributed by atoms with E-state index in [0.717, 1.165) is 30.4 Å². The molecule has 1 fully saturated rings. The lowest BCUT2D eigenvalue weighted by Gasteiger charge is -2.26. The highest BCUT2D eigenvalue weighted by Gasteiger charge is 2.18. The summed E-state index contributed by atoms with van der Waals surface area (Å²) in [6, 6.07) is 7.39. The molecule has 0 saturated carbocycles. The van der Waals surface area contributed by atoms with Crippen LogP contribution in [-0.4, -0.2) is 59.6 Å². The Bertz CT molecular complexity index is 848. The second kappa shape index (κ2) is 9.16. The predicted octanol–water partition coefficient (Wildman–Crippen LogP) is 1.38. The number of nitrogens with one attached hydrogen (secondary N) is 2. The molecule has 1 aromatic heterocycles. The van der Waals surface area contributed by atoms with Crippen molar-refractivity contribution >= 4 is 28.2 Å². The van der Waals surface area contributed by atoms with Gasteiger partial charge in [-0.25, -0.2) is 0 Å². The number of aliphatic hydroxyl groups excluding tert-OH is 1. The summed E-state index contributed by atoms with van der Waals surface area (Å²) < 4.78 is 10.8. The molecule has 0 bridgehead atoms. The van der Waals surface area contributed by atoms with Crippen LogP contribution >= 0.6 is 12.2 Å². The summed E-state index contributed by atoms with van der Waals surface area (Å²) >= 11 is 5.47. The fraction of sp³-hybridized carbons (Fsp3) is 0.474. The quantitative estimate of drug-likeness (QED) is 0.615. The highest BCUT2D eigenvalue weighted by Crippen LogP contribution is 2.19. The lowest BCUT2D eigenvalue weighted by Crippen LogP contribution is -2.44. The third kappa shape index (κ3) is 4.97. The number of aliphatic hydroxyl groups is 1. The smallest absolute Gasteiger partial charge is 0.253 e. The zero-order valence-electron chi connectivity index (χ0n) is 15.4. The number of pyridine rings is 1. The molecule has 3 rings (SSSR count). The molecule has 1 saturated heterocycles. The van der Waals surface area contributed by atoms with Gasteiger partial charge in [-0.15, -0.1) is 0 Å². The number of methoxy groups -OCH3 is 1. The molecule has 2 heterocycles. The van der Waals surface area contributed by atoms with Crippen LogP contribution in [0.4, 0.5) is 0 Å². The van der Waals surface area contributed by atoms with E-state index >= 15 is 0 Å². The second-order valence-corrected chi connectivity index (χ2v) is 6.93. The summed E-state index contributed by atoms with van der Waals surface area (Å²) in [6.07, 6.45) is 2.25. The number of nitrogens with zero attached hydrogens (tertiary/aromatic N) is 1. The molecule has 0 amide bonds. The molecule has 1 unspecified atom stereocenters. The lowest BCUT2D eigenvalue weighted by atomic mass is 10.1. The molecule has 1 aliphatic rings. The number of hydrogen-bond donors (Lipinski definition) is 3. The molecule has 8 heteroatoms. The van der Waals surface area contributed by atoms with Crippen molar-refractivity contribution in [1.82, 2.24) is 15.2 Å². The maximum Gasteiger partial charge on any atom is 0.253 e. The summed E-state index contributed by atoms with van der Waals surface area (Å²) in [5.41, 5.74) is 1.12. The van der Waals surface area contributed by atoms with Crippen LogP contribution in [0.3, 0.4) is 0 Å². The van der Waals surface area contributed by atoms with Gasteiger partial charge in [-0.1, -0.05) is 0 Å². The fourth-order valence-electron chi connectivity index (χ4n) is 3.17. The van der Waals surface area contributed by atoms with Crippen LogP contribution in [0.25, 0.3) is 10.9 Å². The van der Waals surface area contributed by atoms with Crippen molar-refractivity contribution in [3.05, 3.63) is 40.2 Å². The van der Waals surface area contributed by atoms with Crippen molar-refractivity contribution in [3.8, 4) is 5.75 Å². The SMILES string of the molecule is COc1ccc2cc(CN(CCO)C(=S)NCC3CCCO3)c(=O)[nH]c2c1. The van der Waals surface area contributed by atoms with E-state index in [0.29, 0.717) is 36.1 Å². The molecule has 7 nitrogen and oxygen atoms in total. The largest absolute Gasteiger partial charge is 0.497 e. The first-order chi connectivity index (χ1) is 13.1. The van der Waals surface area contributed by atoms with Crippen molar-refractivity contribution < 1.29 is 14.6 Å². The van der Waals surface area contributed by atoms with E-state index in [1.165, 1.54) is 0 Å². The Morgan fingerprint density at radius 2 is 2.33 bits per heavy atom. The zero-order valence-corrected chi connectivity index (χ0v) is 16.2. The van der Waals surface area contributed by atoms with Crippen molar-refractivity contribution in [2.24, 2.45) is 0 Å². The molecule has 1 aliphatic heterocycles. The number of aromatic nitrogens is 1. The summed E-state index contributed by atoms with van der Waals surface area (Å²) in [6.45, 7) is 2.03. The summed E-state index contributed by atoms with van der Waals surface area (Å²) in [5.74, 6) is 0.687. The van der Waals surface area contributed by atoms with Crippen LogP contribution in [0.5, 0.6) is 5.75 Å². The zero-order chi connectivity index (χ0) is 19.2. The number of benzene rings is 1. The van der Waals surface area contributed by atoms with Gasteiger partial charge in [0.25, 0.3) is 5.56 Å². The Hall–Kier alpha value is -2.16. The molecule has 2 aromatic rings. The molecule has 1 atom stereocenters. The molecular weight excluding hydrogens is 366 g/mol. The van der Waals surface area contributed by atoms with E-state index in [4.69, 9.17) is 21.7 Å². The van der Waals surface area contributed by atoms with Crippen LogP contribution in [0, 0.1) is 0 Å². The van der Waals surface area contributed by atoms with Gasteiger partial charge in [-0.05, 0) is 48.6 Å². The Morgan fingerprint density at radius 3 is 3.04 bits per heavy atom. The second-order valence-electron chi connectivity index (χ2n) is 6.54. The number of hydrogen-bond acceptors (Lipinski definition) is 5. The highest BCUT2D eigenvalue weighted by atomic mass is 32.1. The first-order valence-electron chi connectivity index (χ1n) is 9.06. The number of rotatable bonds is 7. The summed E-state index contributed by atoms with van der Waals surface area (Å²) in [7, 11) is 1.59. The van der Waals surface area contributed by atoms with Gasteiger partial charge >= 0.3 is 0 Å². The van der Waals surface area contributed by atoms with Gasteiger partial charge in [0.05, 0.1) is 31.9 Å². The lowest BCUT2D eigenvalue weighted by molar-refractivity contribution is 0.113. The topological polar surface area (TPSA) is 86.8 Å². The van der Waals surface area contributed by atoms with Gasteiger partial charge in [0.2, 0.25) is 0 Å². The molecular formula is C19H25N3O4S. The van der Waals surface area contributed by atoms with Gasteiger partial charge < -0.3 is 29.8 Å². The normalized spacial score (nSPS) is 16.4. The average Bonchev–Trinajstić information content (AvgIpc) is 3.19. The van der Waals surface area contributed by atoms with Crippen LogP contribution in [0.15, 0.2) is 29.1 Å². The third-order valence-electron chi connectivity index (χ3n) is 4.65. The van der Waals surface area contributed by atoms with Crippen LogP contribution in [0.1, 0.15) is 18.4 Å². The van der Waals surface area contributed by atoms with Gasteiger partial charge in [0.1, 0.15) is 5.75 Å². The Kier molecular flexibility index (Phi) is 6.65. The fourth-order valence-corrected chi connectivity index (χ4v) is 3.41. The Balaban J connectivity index is 1.73. The van der Waals surface area contributed by atoms with Crippen molar-refractivity contribution in [2.45, 2.75) is 25.5 Å². The molecule has 3 N–H and O–H groups in total. The van der Waals surface area contributed by atoms with Gasteiger partial charge in [0.15, 0.2) is 5.11 Å². The van der Waals surface area contributed by atoms with E-state index in [1.54, 1.807) is 18.1 Å². The summed E-state index contributed by atoms with van der Waals surface area (Å²) in [4.78, 5) is 17.2. The van der Waals surface area contributed by atoms with E-state index in [2.05, 4.69) is 10.3 Å². The van der Waals surface area contributed by atoms with Gasteiger partial charge in [0, 0.05) is 31.3 Å². The monoisotopic (exact) mass is 391 g/mol. The van der Waals surface area contributed by atoms with Gasteiger partial charge in [-0.3, -0.25) is 4.79 Å². The van der Waals surface area contributed by atoms with Crippen LogP contribution in [-0.2, 0) is 11.3 Å². The minimum absolute atomic E-state index is 0.0512. The van der Waals surface area contributed by atoms with Crippen LogP contribution < -0.4 is 15.6 Å². The first-order valence-corrected chi connectivity index (χ1v) is 9.46. The third-order valence-corrected chi connectivity index (χ3v) is 5.06. The van der Waals surface area contributed by atoms with Gasteiger partial charge in [-0.2, -0.15) is 0 Å². The number of H-pyrrole nitrogens is 1. The Labute approximate surface area is 163 Å². The molecule has 146 valence electrons. The molecule has 0 spiro atoms. The number of thiocarbonyl (C=S) groups is 1. The van der Waals surface area contributed by atoms with E-state index < -0.39 is 0 Å². The number of aromatic amines is 1. The number of ether oxygens (including phenoxy) is 2. The standard InChI is InChI=1S/C19H25N3O4S/c1-25-15-5-4-13-9-14(18(24)21-17(13)10-15)12-22(6-7-23)19(27)20-11-16-3-2-8-26-16/h4-5,9-10,16,23H,2-3,6-8,11-12H2,1H3,(H,20,27)(H,21,24). The molecule has 27 heavy (non-hydrogen) atoms. The summed E-state index contributed by atoms with van der Waals surface area (Å²) in [5, 5.41) is 14.0. The molecule has 1 aromatic carbocycles. The molecule has 0 radical (unpaired) electrons. The van der Waals surface area contributed by atoms with E-state index in [9.17, 15) is 9.90 Å². The highest BCUT2D eigenvalue weighted by molar-refractivity contribution is 7.80. The average molecular weight is 391 g/mol. The number of fused-ring (bicyclic) bond motifs is 1. The van der Waals surface area contributed by atoms with E-state index in [1.807, 2.05) is 18.2 Å².